The first-order valence-electron chi connectivity index (χ1n) is 8.21. The average Bonchev–Trinajstić information content (AvgIpc) is 2.99. The largest absolute Gasteiger partial charge is 0.342 e. The predicted molar refractivity (Wildman–Crippen MR) is 86.6 cm³/mol. The number of imidazole rings is 1. The van der Waals surface area contributed by atoms with Gasteiger partial charge in [0, 0.05) is 64.0 Å². The van der Waals surface area contributed by atoms with Crippen LogP contribution in [0.15, 0.2) is 31.0 Å². The minimum Gasteiger partial charge on any atom is -0.342 e. The first kappa shape index (κ1) is 15.6. The molecular weight excluding hydrogens is 290 g/mol. The number of aromatic nitrogens is 4. The molecule has 23 heavy (non-hydrogen) atoms. The molecule has 0 N–H and O–H groups in total. The van der Waals surface area contributed by atoms with Gasteiger partial charge in [0.25, 0.3) is 0 Å². The van der Waals surface area contributed by atoms with Crippen LogP contribution in [0.5, 0.6) is 0 Å². The van der Waals surface area contributed by atoms with Crippen LogP contribution in [0.2, 0.25) is 0 Å². The number of piperidine rings is 1. The van der Waals surface area contributed by atoms with Crippen LogP contribution in [0.25, 0.3) is 0 Å². The number of carbonyl (C=O) groups excluding carboxylic acids is 1. The van der Waals surface area contributed by atoms with Crippen molar-refractivity contribution in [3.05, 3.63) is 42.5 Å². The number of carbonyl (C=O) groups is 1. The van der Waals surface area contributed by atoms with Gasteiger partial charge < -0.3 is 9.47 Å². The minimum absolute atomic E-state index is 0.222. The lowest BCUT2D eigenvalue weighted by Crippen LogP contribution is -2.40. The van der Waals surface area contributed by atoms with Crippen molar-refractivity contribution in [2.75, 3.05) is 13.1 Å². The summed E-state index contributed by atoms with van der Waals surface area (Å²) in [7, 11) is 2.02. The summed E-state index contributed by atoms with van der Waals surface area (Å²) >= 11 is 0. The average molecular weight is 313 g/mol. The van der Waals surface area contributed by atoms with Gasteiger partial charge >= 0.3 is 0 Å². The van der Waals surface area contributed by atoms with E-state index in [9.17, 15) is 4.79 Å². The molecule has 122 valence electrons. The monoisotopic (exact) mass is 313 g/mol. The molecule has 1 aliphatic heterocycles. The van der Waals surface area contributed by atoms with Crippen LogP contribution in [0, 0.1) is 5.92 Å². The highest BCUT2D eigenvalue weighted by Gasteiger charge is 2.24. The molecule has 6 heteroatoms. The van der Waals surface area contributed by atoms with Crippen molar-refractivity contribution in [1.29, 1.82) is 0 Å². The zero-order chi connectivity index (χ0) is 16.1. The third-order valence-electron chi connectivity index (χ3n) is 4.48. The van der Waals surface area contributed by atoms with E-state index in [4.69, 9.17) is 0 Å². The molecule has 0 radical (unpaired) electrons. The van der Waals surface area contributed by atoms with Gasteiger partial charge in [-0.05, 0) is 25.2 Å². The smallest absolute Gasteiger partial charge is 0.222 e. The lowest BCUT2D eigenvalue weighted by atomic mass is 9.94. The molecule has 0 bridgehead atoms. The molecule has 1 amide bonds. The summed E-state index contributed by atoms with van der Waals surface area (Å²) in [4.78, 5) is 27.1. The van der Waals surface area contributed by atoms with Gasteiger partial charge in [0.15, 0.2) is 0 Å². The molecule has 6 nitrogen and oxygen atoms in total. The standard InChI is InChI=1S/C17H23N5O/c1-21-10-8-20-16(21)11-14-3-2-9-22(13-14)17(23)5-4-15-12-18-6-7-19-15/h6-8,10,12,14H,2-5,9,11,13H2,1H3. The second-order valence-electron chi connectivity index (χ2n) is 6.20. The third kappa shape index (κ3) is 4.15. The van der Waals surface area contributed by atoms with Gasteiger partial charge in [-0.15, -0.1) is 0 Å². The molecule has 0 saturated carbocycles. The number of hydrogen-bond donors (Lipinski definition) is 0. The Morgan fingerprint density at radius 2 is 2.22 bits per heavy atom. The van der Waals surface area contributed by atoms with Crippen molar-refractivity contribution in [1.82, 2.24) is 24.4 Å². The second-order valence-corrected chi connectivity index (χ2v) is 6.20. The van der Waals surface area contributed by atoms with Gasteiger partial charge in [-0.3, -0.25) is 14.8 Å². The summed E-state index contributed by atoms with van der Waals surface area (Å²) in [5.74, 6) is 1.83. The van der Waals surface area contributed by atoms with E-state index in [1.54, 1.807) is 18.6 Å². The van der Waals surface area contributed by atoms with Gasteiger partial charge in [-0.25, -0.2) is 4.98 Å². The van der Waals surface area contributed by atoms with Gasteiger partial charge in [0.2, 0.25) is 5.91 Å². The number of likely N-dealkylation sites (tertiary alicyclic amines) is 1. The Balaban J connectivity index is 1.51. The topological polar surface area (TPSA) is 63.9 Å². The molecule has 1 atom stereocenters. The quantitative estimate of drug-likeness (QED) is 0.841. The van der Waals surface area contributed by atoms with E-state index in [0.29, 0.717) is 18.8 Å². The number of rotatable bonds is 5. The summed E-state index contributed by atoms with van der Waals surface area (Å²) in [6.45, 7) is 1.71. The summed E-state index contributed by atoms with van der Waals surface area (Å²) in [6.07, 6.45) is 13.2. The Bertz CT molecular complexity index is 639. The Morgan fingerprint density at radius 1 is 1.30 bits per heavy atom. The van der Waals surface area contributed by atoms with Gasteiger partial charge in [-0.2, -0.15) is 0 Å². The van der Waals surface area contributed by atoms with Crippen LogP contribution in [0.4, 0.5) is 0 Å². The normalized spacial score (nSPS) is 18.1. The Hall–Kier alpha value is -2.24. The van der Waals surface area contributed by atoms with Gasteiger partial charge in [0.05, 0.1) is 5.69 Å². The van der Waals surface area contributed by atoms with Crippen LogP contribution in [0.1, 0.15) is 30.8 Å². The van der Waals surface area contributed by atoms with Crippen molar-refractivity contribution >= 4 is 5.91 Å². The fourth-order valence-corrected chi connectivity index (χ4v) is 3.16. The number of nitrogens with zero attached hydrogens (tertiary/aromatic N) is 5. The maximum absolute atomic E-state index is 12.4. The van der Waals surface area contributed by atoms with E-state index in [1.165, 1.54) is 6.42 Å². The van der Waals surface area contributed by atoms with E-state index in [0.717, 1.165) is 37.4 Å². The molecule has 0 aromatic carbocycles. The van der Waals surface area contributed by atoms with Gasteiger partial charge in [-0.1, -0.05) is 0 Å². The maximum atomic E-state index is 12.4. The zero-order valence-electron chi connectivity index (χ0n) is 13.6. The van der Waals surface area contributed by atoms with E-state index >= 15 is 0 Å². The number of aryl methyl sites for hydroxylation is 2. The van der Waals surface area contributed by atoms with E-state index in [-0.39, 0.29) is 5.91 Å². The first-order valence-corrected chi connectivity index (χ1v) is 8.21. The Kier molecular flexibility index (Phi) is 5.00. The molecule has 0 spiro atoms. The first-order chi connectivity index (χ1) is 11.2. The Morgan fingerprint density at radius 3 is 2.96 bits per heavy atom. The molecule has 2 aromatic rings. The van der Waals surface area contributed by atoms with E-state index in [1.807, 2.05) is 24.3 Å². The molecule has 1 fully saturated rings. The highest BCUT2D eigenvalue weighted by atomic mass is 16.2. The molecule has 1 saturated heterocycles. The number of amides is 1. The summed E-state index contributed by atoms with van der Waals surface area (Å²) in [5.41, 5.74) is 0.877. The molecule has 0 aliphatic carbocycles. The van der Waals surface area contributed by atoms with Crippen LogP contribution in [-0.4, -0.2) is 43.4 Å². The summed E-state index contributed by atoms with van der Waals surface area (Å²) < 4.78 is 2.06. The molecule has 2 aromatic heterocycles. The third-order valence-corrected chi connectivity index (χ3v) is 4.48. The van der Waals surface area contributed by atoms with Crippen LogP contribution < -0.4 is 0 Å². The zero-order valence-corrected chi connectivity index (χ0v) is 13.6. The lowest BCUT2D eigenvalue weighted by Gasteiger charge is -2.32. The van der Waals surface area contributed by atoms with E-state index in [2.05, 4.69) is 19.5 Å². The van der Waals surface area contributed by atoms with Crippen molar-refractivity contribution in [2.24, 2.45) is 13.0 Å². The maximum Gasteiger partial charge on any atom is 0.222 e. The molecule has 3 heterocycles. The fraction of sp³-hybridized carbons (Fsp3) is 0.529. The van der Waals surface area contributed by atoms with Crippen LogP contribution in [-0.2, 0) is 24.7 Å². The summed E-state index contributed by atoms with van der Waals surface area (Å²) in [5, 5.41) is 0. The highest BCUT2D eigenvalue weighted by Crippen LogP contribution is 2.21. The van der Waals surface area contributed by atoms with Crippen molar-refractivity contribution in [2.45, 2.75) is 32.1 Å². The highest BCUT2D eigenvalue weighted by molar-refractivity contribution is 5.76. The molecule has 1 unspecified atom stereocenters. The molecule has 3 rings (SSSR count). The molecular formula is C17H23N5O. The SMILES string of the molecule is Cn1ccnc1CC1CCCN(C(=O)CCc2cnccn2)C1. The summed E-state index contributed by atoms with van der Waals surface area (Å²) in [6, 6.07) is 0. The van der Waals surface area contributed by atoms with Crippen LogP contribution >= 0.6 is 0 Å². The van der Waals surface area contributed by atoms with Crippen molar-refractivity contribution in [3.8, 4) is 0 Å². The Labute approximate surface area is 136 Å². The van der Waals surface area contributed by atoms with E-state index < -0.39 is 0 Å². The second kappa shape index (κ2) is 7.35. The fourth-order valence-electron chi connectivity index (χ4n) is 3.16. The minimum atomic E-state index is 0.222. The van der Waals surface area contributed by atoms with Crippen molar-refractivity contribution in [3.63, 3.8) is 0 Å². The molecule has 1 aliphatic rings. The predicted octanol–water partition coefficient (Wildman–Crippen LogP) is 1.62. The van der Waals surface area contributed by atoms with Crippen molar-refractivity contribution < 1.29 is 4.79 Å². The lowest BCUT2D eigenvalue weighted by molar-refractivity contribution is -0.133. The number of hydrogen-bond acceptors (Lipinski definition) is 4. The van der Waals surface area contributed by atoms with Gasteiger partial charge in [0.1, 0.15) is 5.82 Å². The van der Waals surface area contributed by atoms with Crippen LogP contribution in [0.3, 0.4) is 0 Å².